The summed E-state index contributed by atoms with van der Waals surface area (Å²) in [7, 11) is 4.67. The molecule has 0 amide bonds. The van der Waals surface area contributed by atoms with E-state index < -0.39 is 56.9 Å². The number of nitro groups is 2. The summed E-state index contributed by atoms with van der Waals surface area (Å²) < 4.78 is 18.4. The maximum absolute atomic E-state index is 11.8. The number of ether oxygens (including phenoxy) is 4. The zero-order valence-corrected chi connectivity index (χ0v) is 21.6. The number of esters is 4. The van der Waals surface area contributed by atoms with Gasteiger partial charge in [-0.05, 0) is 11.1 Å². The Morgan fingerprint density at radius 3 is 1.05 bits per heavy atom. The first kappa shape index (κ1) is 29.6. The molecule has 40 heavy (non-hydrogen) atoms. The van der Waals surface area contributed by atoms with Crippen molar-refractivity contribution in [1.82, 2.24) is 10.6 Å². The number of carbonyl (C=O) groups is 4. The molecule has 0 bridgehead atoms. The Morgan fingerprint density at radius 2 is 0.850 bits per heavy atom. The standard InChI is InChI=1S/2C12H12N2O6/c2*1-19-10(15)12(11(16)20-2)9(13-12)7-3-5-8(6-4-7)14(17)18/h2*3-6,9,13H,1-2H3/t2*9-/m11/s1. The quantitative estimate of drug-likeness (QED) is 0.113. The van der Waals surface area contributed by atoms with Crippen LogP contribution in [0.3, 0.4) is 0 Å². The molecule has 0 saturated carbocycles. The molecule has 16 nitrogen and oxygen atoms in total. The van der Waals surface area contributed by atoms with Gasteiger partial charge in [-0.15, -0.1) is 0 Å². The maximum Gasteiger partial charge on any atom is 0.339 e. The SMILES string of the molecule is COC(=O)C1(C(=O)OC)N[C@@H]1c1ccc([N+](=O)[O-])cc1.COC(=O)C1(C(=O)OC)N[C@@H]1c1ccc([N+](=O)[O-])cc1. The predicted octanol–water partition coefficient (Wildman–Crippen LogP) is 0.648. The van der Waals surface area contributed by atoms with Crippen molar-refractivity contribution < 1.29 is 48.0 Å². The monoisotopic (exact) mass is 560 g/mol. The van der Waals surface area contributed by atoms with Crippen LogP contribution in [0.5, 0.6) is 0 Å². The van der Waals surface area contributed by atoms with Crippen LogP contribution in [0.4, 0.5) is 11.4 Å². The summed E-state index contributed by atoms with van der Waals surface area (Å²) in [6, 6.07) is 9.86. The van der Waals surface area contributed by atoms with Crippen molar-refractivity contribution in [2.24, 2.45) is 0 Å². The third-order valence-corrected chi connectivity index (χ3v) is 6.35. The highest BCUT2D eigenvalue weighted by molar-refractivity contribution is 6.10. The highest BCUT2D eigenvalue weighted by Gasteiger charge is 2.69. The van der Waals surface area contributed by atoms with Crippen LogP contribution in [0.25, 0.3) is 0 Å². The fourth-order valence-corrected chi connectivity index (χ4v) is 4.13. The number of nitro benzene ring substituents is 2. The minimum Gasteiger partial charge on any atom is -0.467 e. The lowest BCUT2D eigenvalue weighted by Crippen LogP contribution is -2.39. The number of nitrogens with one attached hydrogen (secondary N) is 2. The highest BCUT2D eigenvalue weighted by Crippen LogP contribution is 2.44. The van der Waals surface area contributed by atoms with Crippen LogP contribution >= 0.6 is 0 Å². The minimum atomic E-state index is -1.57. The molecule has 2 aromatic carbocycles. The van der Waals surface area contributed by atoms with E-state index in [1.165, 1.54) is 77.0 Å². The second kappa shape index (κ2) is 11.4. The lowest BCUT2D eigenvalue weighted by molar-refractivity contribution is -0.385. The highest BCUT2D eigenvalue weighted by atomic mass is 16.6. The van der Waals surface area contributed by atoms with Gasteiger partial charge in [0, 0.05) is 24.3 Å². The second-order valence-electron chi connectivity index (χ2n) is 8.43. The molecule has 0 radical (unpaired) electrons. The molecular formula is C24H24N4O12. The number of carbonyl (C=O) groups excluding carboxylic acids is 4. The Hall–Kier alpha value is -4.96. The van der Waals surface area contributed by atoms with Gasteiger partial charge in [0.1, 0.15) is 0 Å². The molecule has 2 atom stereocenters. The minimum absolute atomic E-state index is 0.0730. The first-order chi connectivity index (χ1) is 18.9. The zero-order valence-electron chi connectivity index (χ0n) is 21.6. The molecule has 4 rings (SSSR count). The van der Waals surface area contributed by atoms with Gasteiger partial charge in [0.25, 0.3) is 11.4 Å². The topological polar surface area (TPSA) is 235 Å². The van der Waals surface area contributed by atoms with Crippen LogP contribution < -0.4 is 10.6 Å². The molecule has 2 heterocycles. The fraction of sp³-hybridized carbons (Fsp3) is 0.333. The molecule has 0 unspecified atom stereocenters. The van der Waals surface area contributed by atoms with E-state index in [4.69, 9.17) is 0 Å². The average Bonchev–Trinajstić information content (AvgIpc) is 3.90. The molecule has 2 N–H and O–H groups in total. The summed E-state index contributed by atoms with van der Waals surface area (Å²) in [4.78, 5) is 67.1. The molecule has 2 fully saturated rings. The number of methoxy groups -OCH3 is 4. The maximum atomic E-state index is 11.8. The van der Waals surface area contributed by atoms with Gasteiger partial charge in [-0.1, -0.05) is 24.3 Å². The predicted molar refractivity (Wildman–Crippen MR) is 131 cm³/mol. The van der Waals surface area contributed by atoms with Gasteiger partial charge in [-0.25, -0.2) is 19.2 Å². The van der Waals surface area contributed by atoms with Gasteiger partial charge in [-0.3, -0.25) is 30.9 Å². The van der Waals surface area contributed by atoms with Crippen LogP contribution in [0, 0.1) is 20.2 Å². The van der Waals surface area contributed by atoms with Crippen molar-refractivity contribution in [2.45, 2.75) is 23.2 Å². The first-order valence-electron chi connectivity index (χ1n) is 11.3. The molecule has 212 valence electrons. The van der Waals surface area contributed by atoms with E-state index in [1.54, 1.807) is 0 Å². The second-order valence-corrected chi connectivity index (χ2v) is 8.43. The number of hydrogen-bond acceptors (Lipinski definition) is 14. The van der Waals surface area contributed by atoms with Crippen molar-refractivity contribution in [3.05, 3.63) is 79.9 Å². The van der Waals surface area contributed by atoms with Crippen molar-refractivity contribution in [1.29, 1.82) is 0 Å². The van der Waals surface area contributed by atoms with E-state index in [2.05, 4.69) is 29.6 Å². The fourth-order valence-electron chi connectivity index (χ4n) is 4.13. The molecule has 2 aliphatic rings. The van der Waals surface area contributed by atoms with Gasteiger partial charge >= 0.3 is 23.9 Å². The Labute approximate surface area is 225 Å². The molecule has 2 saturated heterocycles. The molecule has 0 aliphatic carbocycles. The summed E-state index contributed by atoms with van der Waals surface area (Å²) in [5, 5.41) is 26.6. The van der Waals surface area contributed by atoms with Gasteiger partial charge < -0.3 is 18.9 Å². The Balaban J connectivity index is 0.000000220. The normalized spacial score (nSPS) is 19.0. The lowest BCUT2D eigenvalue weighted by atomic mass is 9.99. The molecule has 0 aromatic heterocycles. The summed E-state index contributed by atoms with van der Waals surface area (Å²) in [6.45, 7) is 0. The van der Waals surface area contributed by atoms with Crippen LogP contribution in [-0.2, 0) is 38.1 Å². The zero-order chi connectivity index (χ0) is 29.8. The van der Waals surface area contributed by atoms with E-state index in [1.807, 2.05) is 0 Å². The Kier molecular flexibility index (Phi) is 8.45. The first-order valence-corrected chi connectivity index (χ1v) is 11.3. The van der Waals surface area contributed by atoms with E-state index in [9.17, 15) is 39.4 Å². The van der Waals surface area contributed by atoms with E-state index in [-0.39, 0.29) is 11.4 Å². The largest absolute Gasteiger partial charge is 0.467 e. The lowest BCUT2D eigenvalue weighted by Gasteiger charge is -2.10. The summed E-state index contributed by atoms with van der Waals surface area (Å²) in [5.74, 6) is -3.03. The Morgan fingerprint density at radius 1 is 0.600 bits per heavy atom. The van der Waals surface area contributed by atoms with E-state index >= 15 is 0 Å². The Bertz CT molecular complexity index is 1210. The van der Waals surface area contributed by atoms with Gasteiger partial charge in [-0.2, -0.15) is 0 Å². The summed E-state index contributed by atoms with van der Waals surface area (Å²) in [6.07, 6.45) is 0. The van der Waals surface area contributed by atoms with E-state index in [0.717, 1.165) is 0 Å². The average molecular weight is 560 g/mol. The van der Waals surface area contributed by atoms with Crippen LogP contribution in [0.1, 0.15) is 23.2 Å². The molecular weight excluding hydrogens is 536 g/mol. The third kappa shape index (κ3) is 5.16. The molecule has 2 aromatic rings. The van der Waals surface area contributed by atoms with Gasteiger partial charge in [0.05, 0.1) is 50.4 Å². The number of rotatable bonds is 8. The molecule has 16 heteroatoms. The van der Waals surface area contributed by atoms with Gasteiger partial charge in [0.15, 0.2) is 0 Å². The number of benzene rings is 2. The van der Waals surface area contributed by atoms with Crippen LogP contribution in [-0.4, -0.2) is 73.2 Å². The number of non-ortho nitro benzene ring substituents is 2. The summed E-state index contributed by atoms with van der Waals surface area (Å²) >= 11 is 0. The van der Waals surface area contributed by atoms with Gasteiger partial charge in [0.2, 0.25) is 11.1 Å². The van der Waals surface area contributed by atoms with Crippen LogP contribution in [0.15, 0.2) is 48.5 Å². The van der Waals surface area contributed by atoms with E-state index in [0.29, 0.717) is 11.1 Å². The third-order valence-electron chi connectivity index (χ3n) is 6.35. The number of nitrogens with zero attached hydrogens (tertiary/aromatic N) is 2. The van der Waals surface area contributed by atoms with Crippen LogP contribution in [0.2, 0.25) is 0 Å². The van der Waals surface area contributed by atoms with Crippen molar-refractivity contribution in [2.75, 3.05) is 28.4 Å². The smallest absolute Gasteiger partial charge is 0.339 e. The van der Waals surface area contributed by atoms with Crippen molar-refractivity contribution in [3.63, 3.8) is 0 Å². The summed E-state index contributed by atoms with van der Waals surface area (Å²) in [5.41, 5.74) is -2.16. The molecule has 2 aliphatic heterocycles. The molecule has 0 spiro atoms. The number of hydrogen-bond donors (Lipinski definition) is 2. The van der Waals surface area contributed by atoms with Crippen molar-refractivity contribution in [3.8, 4) is 0 Å². The van der Waals surface area contributed by atoms with Crippen molar-refractivity contribution >= 4 is 35.3 Å².